The van der Waals surface area contributed by atoms with Gasteiger partial charge in [0.25, 0.3) is 0 Å². The van der Waals surface area contributed by atoms with Crippen molar-refractivity contribution >= 4 is 49.1 Å². The summed E-state index contributed by atoms with van der Waals surface area (Å²) >= 11 is 3.49. The second-order valence-electron chi connectivity index (χ2n) is 7.87. The minimum absolute atomic E-state index is 0.146. The topological polar surface area (TPSA) is 100 Å². The third kappa shape index (κ3) is 5.63. The van der Waals surface area contributed by atoms with Crippen LogP contribution in [0.2, 0.25) is 0 Å². The van der Waals surface area contributed by atoms with Crippen LogP contribution in [0.5, 0.6) is 0 Å². The van der Waals surface area contributed by atoms with Crippen molar-refractivity contribution in [1.82, 2.24) is 19.3 Å². The minimum Gasteiger partial charge on any atom is -0.354 e. The molecule has 0 saturated carbocycles. The van der Waals surface area contributed by atoms with Gasteiger partial charge in [-0.2, -0.15) is 4.98 Å². The fourth-order valence-corrected chi connectivity index (χ4v) is 4.90. The highest BCUT2D eigenvalue weighted by atomic mass is 79.9. The third-order valence-corrected chi connectivity index (χ3v) is 7.83. The molecule has 2 heterocycles. The van der Waals surface area contributed by atoms with Crippen molar-refractivity contribution in [3.8, 4) is 0 Å². The highest BCUT2D eigenvalue weighted by molar-refractivity contribution is 9.10. The second kappa shape index (κ2) is 11.0. The number of anilines is 4. The van der Waals surface area contributed by atoms with Gasteiger partial charge in [-0.1, -0.05) is 30.3 Å². The number of morpholine rings is 1. The van der Waals surface area contributed by atoms with Gasteiger partial charge < -0.3 is 14.8 Å². The summed E-state index contributed by atoms with van der Waals surface area (Å²) < 4.78 is 38.5. The quantitative estimate of drug-likeness (QED) is 0.441. The molecule has 1 unspecified atom stereocenters. The van der Waals surface area contributed by atoms with Crippen molar-refractivity contribution in [2.24, 2.45) is 0 Å². The number of halogens is 1. The monoisotopic (exact) mass is 562 g/mol. The summed E-state index contributed by atoms with van der Waals surface area (Å²) in [5.41, 5.74) is 1.27. The standard InChI is InChI=1S/C23H27BrN6O4S/c1-28(2)35(31,32)20-12-8-7-11-19(20)26-22-18(24)15-25-23(27-22)30(17-9-5-4-6-10-17)29-13-14-34-21(16-29)33-3/h4-12,15,21H,13-14,16H2,1-3H3,(H,25,26,27). The smallest absolute Gasteiger partial charge is 0.247 e. The third-order valence-electron chi connectivity index (χ3n) is 5.38. The maximum Gasteiger partial charge on any atom is 0.247 e. The number of hydrogen-bond donors (Lipinski definition) is 1. The molecule has 0 aliphatic carbocycles. The maximum atomic E-state index is 12.9. The van der Waals surface area contributed by atoms with Crippen LogP contribution in [-0.4, -0.2) is 74.9 Å². The molecule has 1 fully saturated rings. The number of hydrogen-bond acceptors (Lipinski definition) is 9. The first-order valence-electron chi connectivity index (χ1n) is 10.9. The summed E-state index contributed by atoms with van der Waals surface area (Å²) in [6.45, 7) is 1.58. The lowest BCUT2D eigenvalue weighted by atomic mass is 10.3. The summed E-state index contributed by atoms with van der Waals surface area (Å²) in [5.74, 6) is 0.834. The molecular weight excluding hydrogens is 536 g/mol. The molecule has 1 saturated heterocycles. The molecule has 186 valence electrons. The fourth-order valence-electron chi connectivity index (χ4n) is 3.57. The summed E-state index contributed by atoms with van der Waals surface area (Å²) in [5, 5.41) is 7.14. The summed E-state index contributed by atoms with van der Waals surface area (Å²) in [6, 6.07) is 16.5. The number of para-hydroxylation sites is 2. The van der Waals surface area contributed by atoms with Crippen molar-refractivity contribution in [1.29, 1.82) is 0 Å². The number of hydrazine groups is 1. The van der Waals surface area contributed by atoms with Gasteiger partial charge in [0, 0.05) is 33.9 Å². The Morgan fingerprint density at radius 1 is 1.14 bits per heavy atom. The van der Waals surface area contributed by atoms with Gasteiger partial charge in [-0.15, -0.1) is 0 Å². The van der Waals surface area contributed by atoms with Gasteiger partial charge in [-0.3, -0.25) is 0 Å². The van der Waals surface area contributed by atoms with Crippen molar-refractivity contribution in [3.05, 3.63) is 65.3 Å². The molecule has 1 aliphatic heterocycles. The van der Waals surface area contributed by atoms with Crippen molar-refractivity contribution in [2.75, 3.05) is 51.2 Å². The molecule has 1 N–H and O–H groups in total. The van der Waals surface area contributed by atoms with E-state index in [2.05, 4.69) is 31.2 Å². The van der Waals surface area contributed by atoms with Crippen LogP contribution in [0.3, 0.4) is 0 Å². The van der Waals surface area contributed by atoms with E-state index in [0.717, 1.165) is 5.69 Å². The van der Waals surface area contributed by atoms with Crippen LogP contribution >= 0.6 is 15.9 Å². The van der Waals surface area contributed by atoms with Crippen molar-refractivity contribution in [2.45, 2.75) is 11.2 Å². The number of sulfonamides is 1. The SMILES string of the molecule is COC1CN(N(c2ccccc2)c2ncc(Br)c(Nc3ccccc3S(=O)(=O)N(C)C)n2)CCO1. The van der Waals surface area contributed by atoms with E-state index in [1.165, 1.54) is 18.4 Å². The fraction of sp³-hybridized carbons (Fsp3) is 0.304. The molecule has 3 aromatic rings. The van der Waals surface area contributed by atoms with E-state index >= 15 is 0 Å². The molecule has 0 radical (unpaired) electrons. The first kappa shape index (κ1) is 25.5. The number of benzene rings is 2. The average Bonchev–Trinajstić information content (AvgIpc) is 2.87. The number of nitrogens with one attached hydrogen (secondary N) is 1. The van der Waals surface area contributed by atoms with E-state index in [1.54, 1.807) is 37.6 Å². The van der Waals surface area contributed by atoms with Crippen molar-refractivity contribution < 1.29 is 17.9 Å². The number of nitrogens with zero attached hydrogens (tertiary/aromatic N) is 5. The molecule has 12 heteroatoms. The van der Waals surface area contributed by atoms with Crippen LogP contribution in [0.25, 0.3) is 0 Å². The number of methoxy groups -OCH3 is 1. The number of rotatable bonds is 8. The Balaban J connectivity index is 1.74. The van der Waals surface area contributed by atoms with Gasteiger partial charge in [0.1, 0.15) is 10.7 Å². The van der Waals surface area contributed by atoms with Crippen LogP contribution in [-0.2, 0) is 19.5 Å². The Bertz CT molecular complexity index is 1260. The first-order valence-corrected chi connectivity index (χ1v) is 13.1. The molecule has 35 heavy (non-hydrogen) atoms. The number of aromatic nitrogens is 2. The van der Waals surface area contributed by atoms with Crippen LogP contribution in [0.15, 0.2) is 70.2 Å². The largest absolute Gasteiger partial charge is 0.354 e. The van der Waals surface area contributed by atoms with Gasteiger partial charge >= 0.3 is 0 Å². The molecule has 4 rings (SSSR count). The molecule has 0 bridgehead atoms. The molecule has 0 amide bonds. The van der Waals surface area contributed by atoms with Gasteiger partial charge in [-0.05, 0) is 40.2 Å². The zero-order valence-electron chi connectivity index (χ0n) is 19.6. The average molecular weight is 563 g/mol. The van der Waals surface area contributed by atoms with Crippen LogP contribution in [0.1, 0.15) is 0 Å². The van der Waals surface area contributed by atoms with Gasteiger partial charge in [0.15, 0.2) is 6.29 Å². The lowest BCUT2D eigenvalue weighted by Gasteiger charge is -2.39. The predicted molar refractivity (Wildman–Crippen MR) is 137 cm³/mol. The molecule has 1 aromatic heterocycles. The summed E-state index contributed by atoms with van der Waals surface area (Å²) in [6.07, 6.45) is 1.25. The second-order valence-corrected chi connectivity index (χ2v) is 10.8. The van der Waals surface area contributed by atoms with E-state index in [-0.39, 0.29) is 11.2 Å². The van der Waals surface area contributed by atoms with Gasteiger partial charge in [0.05, 0.1) is 29.0 Å². The lowest BCUT2D eigenvalue weighted by Crippen LogP contribution is -2.51. The van der Waals surface area contributed by atoms with E-state index in [0.29, 0.717) is 41.6 Å². The van der Waals surface area contributed by atoms with E-state index in [1.807, 2.05) is 35.3 Å². The Morgan fingerprint density at radius 3 is 2.57 bits per heavy atom. The molecule has 0 spiro atoms. The van der Waals surface area contributed by atoms with E-state index < -0.39 is 10.0 Å². The van der Waals surface area contributed by atoms with E-state index in [4.69, 9.17) is 14.5 Å². The first-order chi connectivity index (χ1) is 16.8. The summed E-state index contributed by atoms with van der Waals surface area (Å²) in [4.78, 5) is 9.47. The van der Waals surface area contributed by atoms with Crippen LogP contribution in [0.4, 0.5) is 23.1 Å². The molecule has 1 atom stereocenters. The highest BCUT2D eigenvalue weighted by Gasteiger charge is 2.29. The van der Waals surface area contributed by atoms with Gasteiger partial charge in [0.2, 0.25) is 16.0 Å². The molecule has 1 aliphatic rings. The van der Waals surface area contributed by atoms with Crippen molar-refractivity contribution in [3.63, 3.8) is 0 Å². The lowest BCUT2D eigenvalue weighted by molar-refractivity contribution is -0.164. The highest BCUT2D eigenvalue weighted by Crippen LogP contribution is 2.32. The Morgan fingerprint density at radius 2 is 1.86 bits per heavy atom. The van der Waals surface area contributed by atoms with Gasteiger partial charge in [-0.25, -0.2) is 27.7 Å². The minimum atomic E-state index is -3.67. The Kier molecular flexibility index (Phi) is 7.99. The Hall–Kier alpha value is -2.61. The normalized spacial score (nSPS) is 16.9. The molecular formula is C23H27BrN6O4S. The van der Waals surface area contributed by atoms with Crippen LogP contribution < -0.4 is 10.3 Å². The Labute approximate surface area is 213 Å². The molecule has 2 aromatic carbocycles. The number of ether oxygens (including phenoxy) is 2. The predicted octanol–water partition coefficient (Wildman–Crippen LogP) is 3.59. The zero-order chi connectivity index (χ0) is 25.0. The van der Waals surface area contributed by atoms with E-state index in [9.17, 15) is 8.42 Å². The molecule has 10 nitrogen and oxygen atoms in total. The zero-order valence-corrected chi connectivity index (χ0v) is 22.0. The van der Waals surface area contributed by atoms with Crippen LogP contribution in [0, 0.1) is 0 Å². The summed E-state index contributed by atoms with van der Waals surface area (Å²) in [7, 11) is 0.935. The maximum absolute atomic E-state index is 12.9.